The topological polar surface area (TPSA) is 91.6 Å². The first-order valence-electron chi connectivity index (χ1n) is 10.0. The number of rotatable bonds is 3. The largest absolute Gasteiger partial charge is 0.503 e. The smallest absolute Gasteiger partial charge is 0.275 e. The van der Waals surface area contributed by atoms with E-state index in [1.165, 1.54) is 9.47 Å². The SMILES string of the molecule is O=C(NCc1c(F)cc(F)cc1F)c1cn2c(c(O)c1=O)C(=O)N1[C@H](C2)[C@H]2C[C@@H](F)[C@H]1C2. The molecule has 1 aliphatic carbocycles. The molecule has 1 saturated heterocycles. The molecule has 3 heterocycles. The van der Waals surface area contributed by atoms with Gasteiger partial charge >= 0.3 is 0 Å². The second-order valence-electron chi connectivity index (χ2n) is 8.35. The Morgan fingerprint density at radius 3 is 2.50 bits per heavy atom. The zero-order valence-electron chi connectivity index (χ0n) is 16.4. The number of hydrogen-bond acceptors (Lipinski definition) is 4. The van der Waals surface area contributed by atoms with Crippen LogP contribution in [0.3, 0.4) is 0 Å². The van der Waals surface area contributed by atoms with Gasteiger partial charge in [-0.1, -0.05) is 0 Å². The van der Waals surface area contributed by atoms with Crippen LogP contribution in [0, 0.1) is 23.4 Å². The minimum absolute atomic E-state index is 0.0598. The first kappa shape index (κ1) is 20.5. The van der Waals surface area contributed by atoms with E-state index < -0.39 is 70.3 Å². The molecular formula is C21H17F4N3O4. The van der Waals surface area contributed by atoms with Crippen molar-refractivity contribution < 1.29 is 32.3 Å². The van der Waals surface area contributed by atoms with Gasteiger partial charge in [-0.25, -0.2) is 17.6 Å². The van der Waals surface area contributed by atoms with Gasteiger partial charge in [-0.3, -0.25) is 14.4 Å². The van der Waals surface area contributed by atoms with Crippen molar-refractivity contribution in [2.24, 2.45) is 5.92 Å². The molecule has 2 bridgehead atoms. The molecule has 4 atom stereocenters. The van der Waals surface area contributed by atoms with Gasteiger partial charge in [0, 0.05) is 37.0 Å². The number of aromatic nitrogens is 1. The van der Waals surface area contributed by atoms with E-state index in [1.807, 2.05) is 0 Å². The maximum absolute atomic E-state index is 14.1. The average Bonchev–Trinajstić information content (AvgIpc) is 3.27. The summed E-state index contributed by atoms with van der Waals surface area (Å²) in [7, 11) is 0. The summed E-state index contributed by atoms with van der Waals surface area (Å²) in [5, 5.41) is 12.6. The molecule has 11 heteroatoms. The molecule has 7 nitrogen and oxygen atoms in total. The van der Waals surface area contributed by atoms with Crippen LogP contribution in [0.15, 0.2) is 23.1 Å². The molecule has 0 unspecified atom stereocenters. The van der Waals surface area contributed by atoms with Crippen LogP contribution in [0.2, 0.25) is 0 Å². The van der Waals surface area contributed by atoms with Gasteiger partial charge < -0.3 is 19.9 Å². The lowest BCUT2D eigenvalue weighted by Gasteiger charge is -2.41. The fraction of sp³-hybridized carbons (Fsp3) is 0.381. The Labute approximate surface area is 178 Å². The minimum atomic E-state index is -1.21. The van der Waals surface area contributed by atoms with Crippen LogP contribution in [0.5, 0.6) is 5.75 Å². The van der Waals surface area contributed by atoms with E-state index >= 15 is 0 Å². The lowest BCUT2D eigenvalue weighted by molar-refractivity contribution is 0.0315. The van der Waals surface area contributed by atoms with E-state index in [0.717, 1.165) is 6.20 Å². The van der Waals surface area contributed by atoms with E-state index in [-0.39, 0.29) is 24.2 Å². The lowest BCUT2D eigenvalue weighted by atomic mass is 9.95. The standard InChI is InChI=1S/C21H17F4N3O4/c22-9-3-12(23)10(13(24)4-9)5-26-20(31)11-6-27-7-16-8-1-14(25)15(2-8)28(16)21(32)17(27)19(30)18(11)29/h3-4,6,8,14-16,30H,1-2,5,7H2,(H,26,31)/t8-,14+,15+,16+/m0/s1. The van der Waals surface area contributed by atoms with Gasteiger partial charge in [-0.2, -0.15) is 0 Å². The Hall–Kier alpha value is -3.37. The number of aromatic hydroxyl groups is 1. The van der Waals surface area contributed by atoms with Crippen molar-refractivity contribution in [3.8, 4) is 5.75 Å². The van der Waals surface area contributed by atoms with Gasteiger partial charge in [0.05, 0.1) is 12.1 Å². The lowest BCUT2D eigenvalue weighted by Crippen LogP contribution is -2.55. The van der Waals surface area contributed by atoms with Crippen LogP contribution in [0.25, 0.3) is 0 Å². The number of benzene rings is 1. The number of amides is 2. The van der Waals surface area contributed by atoms with Crippen LogP contribution >= 0.6 is 0 Å². The van der Waals surface area contributed by atoms with Crippen LogP contribution in [-0.2, 0) is 13.1 Å². The Morgan fingerprint density at radius 1 is 1.12 bits per heavy atom. The monoisotopic (exact) mass is 451 g/mol. The zero-order chi connectivity index (χ0) is 22.9. The third kappa shape index (κ3) is 2.90. The first-order valence-corrected chi connectivity index (χ1v) is 10.0. The molecule has 1 aromatic carbocycles. The molecule has 2 fully saturated rings. The third-order valence-corrected chi connectivity index (χ3v) is 6.60. The summed E-state index contributed by atoms with van der Waals surface area (Å²) in [5.41, 5.74) is -2.59. The van der Waals surface area contributed by atoms with Crippen molar-refractivity contribution >= 4 is 11.8 Å². The van der Waals surface area contributed by atoms with Crippen molar-refractivity contribution in [3.63, 3.8) is 0 Å². The van der Waals surface area contributed by atoms with Crippen molar-refractivity contribution in [1.82, 2.24) is 14.8 Å². The predicted octanol–water partition coefficient (Wildman–Crippen LogP) is 1.86. The number of carbonyl (C=O) groups is 2. The number of carbonyl (C=O) groups excluding carboxylic acids is 2. The summed E-state index contributed by atoms with van der Waals surface area (Å²) in [6.45, 7) is -0.500. The molecule has 2 aromatic rings. The highest BCUT2D eigenvalue weighted by Crippen LogP contribution is 2.47. The minimum Gasteiger partial charge on any atom is -0.503 e. The number of fused-ring (bicyclic) bond motifs is 6. The number of nitrogens with one attached hydrogen (secondary N) is 1. The zero-order valence-corrected chi connectivity index (χ0v) is 16.4. The Kier molecular flexibility index (Phi) is 4.54. The molecule has 3 aliphatic rings. The maximum Gasteiger partial charge on any atom is 0.275 e. The normalized spacial score (nSPS) is 25.6. The third-order valence-electron chi connectivity index (χ3n) is 6.60. The highest BCUT2D eigenvalue weighted by atomic mass is 19.1. The maximum atomic E-state index is 14.1. The summed E-state index contributed by atoms with van der Waals surface area (Å²) < 4.78 is 56.1. The second kappa shape index (κ2) is 7.07. The summed E-state index contributed by atoms with van der Waals surface area (Å²) in [6.07, 6.45) is 0.776. The van der Waals surface area contributed by atoms with E-state index in [1.54, 1.807) is 0 Å². The number of piperidine rings is 1. The number of alkyl halides is 1. The van der Waals surface area contributed by atoms with Gasteiger partial charge in [0.15, 0.2) is 11.4 Å². The molecule has 1 aromatic heterocycles. The average molecular weight is 451 g/mol. The van der Waals surface area contributed by atoms with Crippen molar-refractivity contribution in [3.05, 3.63) is 62.8 Å². The molecule has 168 valence electrons. The number of nitrogens with zero attached hydrogens (tertiary/aromatic N) is 2. The molecule has 1 saturated carbocycles. The molecule has 5 rings (SSSR count). The molecular weight excluding hydrogens is 434 g/mol. The fourth-order valence-corrected chi connectivity index (χ4v) is 5.12. The van der Waals surface area contributed by atoms with Gasteiger partial charge in [0.2, 0.25) is 5.43 Å². The Balaban J connectivity index is 1.44. The number of hydrogen-bond donors (Lipinski definition) is 2. The second-order valence-corrected chi connectivity index (χ2v) is 8.35. The van der Waals surface area contributed by atoms with Crippen LogP contribution in [0.4, 0.5) is 17.6 Å². The van der Waals surface area contributed by atoms with Gasteiger partial charge in [0.1, 0.15) is 29.2 Å². The highest BCUT2D eigenvalue weighted by molar-refractivity contribution is 5.99. The molecule has 32 heavy (non-hydrogen) atoms. The van der Waals surface area contributed by atoms with Gasteiger partial charge in [0.25, 0.3) is 11.8 Å². The number of halogens is 4. The van der Waals surface area contributed by atoms with Crippen molar-refractivity contribution in [2.45, 2.75) is 44.2 Å². The Morgan fingerprint density at radius 2 is 1.81 bits per heavy atom. The van der Waals surface area contributed by atoms with Gasteiger partial charge in [-0.15, -0.1) is 0 Å². The first-order chi connectivity index (χ1) is 15.2. The van der Waals surface area contributed by atoms with Crippen molar-refractivity contribution in [1.29, 1.82) is 0 Å². The predicted molar refractivity (Wildman–Crippen MR) is 101 cm³/mol. The van der Waals surface area contributed by atoms with Gasteiger partial charge in [-0.05, 0) is 18.8 Å². The molecule has 2 N–H and O–H groups in total. The van der Waals surface area contributed by atoms with Crippen molar-refractivity contribution in [2.75, 3.05) is 0 Å². The van der Waals surface area contributed by atoms with E-state index in [9.17, 15) is 37.1 Å². The summed E-state index contributed by atoms with van der Waals surface area (Å²) in [4.78, 5) is 39.4. The Bertz CT molecular complexity index is 1210. The van der Waals surface area contributed by atoms with Crippen LogP contribution < -0.4 is 10.7 Å². The summed E-state index contributed by atoms with van der Waals surface area (Å²) >= 11 is 0. The van der Waals surface area contributed by atoms with E-state index in [0.29, 0.717) is 25.0 Å². The number of pyridine rings is 1. The molecule has 0 spiro atoms. The molecule has 2 aliphatic heterocycles. The quantitative estimate of drug-likeness (QED) is 0.697. The molecule has 0 radical (unpaired) electrons. The summed E-state index contributed by atoms with van der Waals surface area (Å²) in [5.74, 6) is -6.24. The van der Waals surface area contributed by atoms with Crippen LogP contribution in [-0.4, -0.2) is 44.6 Å². The molecule has 2 amide bonds. The highest BCUT2D eigenvalue weighted by Gasteiger charge is 2.56. The summed E-state index contributed by atoms with van der Waals surface area (Å²) in [6, 6.07) is 0.00828. The van der Waals surface area contributed by atoms with Crippen LogP contribution in [0.1, 0.15) is 39.3 Å². The van der Waals surface area contributed by atoms with E-state index in [4.69, 9.17) is 0 Å². The fourth-order valence-electron chi connectivity index (χ4n) is 5.12. The van der Waals surface area contributed by atoms with E-state index in [2.05, 4.69) is 5.32 Å².